The van der Waals surface area contributed by atoms with Crippen LogP contribution in [0.5, 0.6) is 0 Å². The van der Waals surface area contributed by atoms with Crippen molar-refractivity contribution in [1.82, 2.24) is 19.8 Å². The zero-order valence-electron chi connectivity index (χ0n) is 16.2. The maximum absolute atomic E-state index is 12.7. The highest BCUT2D eigenvalue weighted by Gasteiger charge is 2.25. The summed E-state index contributed by atoms with van der Waals surface area (Å²) in [5, 5.41) is 6.74. The van der Waals surface area contributed by atoms with Gasteiger partial charge in [-0.25, -0.2) is 8.42 Å². The Bertz CT molecular complexity index is 900. The van der Waals surface area contributed by atoms with Gasteiger partial charge in [-0.2, -0.15) is 9.29 Å². The van der Waals surface area contributed by atoms with E-state index in [1.807, 2.05) is 13.8 Å². The quantitative estimate of drug-likeness (QED) is 0.757. The molecule has 0 unspecified atom stereocenters. The Hall–Kier alpha value is -2.26. The molecule has 2 aromatic rings. The molecule has 28 heavy (non-hydrogen) atoms. The van der Waals surface area contributed by atoms with E-state index in [2.05, 4.69) is 15.5 Å². The molecular formula is C19H26N4O4S. The summed E-state index contributed by atoms with van der Waals surface area (Å²) < 4.78 is 32.1. The SMILES string of the molecule is CC(C)NC(=O)CCc1nc(-c2ccc(S(=O)(=O)N3CCCCC3)cc2)no1. The van der Waals surface area contributed by atoms with Crippen molar-refractivity contribution in [3.63, 3.8) is 0 Å². The van der Waals surface area contributed by atoms with Crippen LogP contribution in [0.3, 0.4) is 0 Å². The number of nitrogens with one attached hydrogen (secondary N) is 1. The van der Waals surface area contributed by atoms with E-state index < -0.39 is 10.0 Å². The Morgan fingerprint density at radius 1 is 1.18 bits per heavy atom. The number of sulfonamides is 1. The van der Waals surface area contributed by atoms with Gasteiger partial charge in [-0.15, -0.1) is 0 Å². The summed E-state index contributed by atoms with van der Waals surface area (Å²) in [5.41, 5.74) is 0.666. The van der Waals surface area contributed by atoms with Crippen LogP contribution in [0.1, 0.15) is 45.4 Å². The molecule has 1 aliphatic heterocycles. The average molecular weight is 407 g/mol. The number of aromatic nitrogens is 2. The number of nitrogens with zero attached hydrogens (tertiary/aromatic N) is 3. The fourth-order valence-electron chi connectivity index (χ4n) is 3.12. The molecule has 1 saturated heterocycles. The molecule has 152 valence electrons. The lowest BCUT2D eigenvalue weighted by atomic mass is 10.2. The van der Waals surface area contributed by atoms with E-state index in [1.54, 1.807) is 28.6 Å². The van der Waals surface area contributed by atoms with Crippen molar-refractivity contribution in [3.05, 3.63) is 30.2 Å². The summed E-state index contributed by atoms with van der Waals surface area (Å²) in [6, 6.07) is 6.59. The Morgan fingerprint density at radius 3 is 2.50 bits per heavy atom. The molecule has 1 N–H and O–H groups in total. The molecule has 0 atom stereocenters. The molecule has 1 aromatic heterocycles. The van der Waals surface area contributed by atoms with Gasteiger partial charge < -0.3 is 9.84 Å². The third-order valence-corrected chi connectivity index (χ3v) is 6.46. The summed E-state index contributed by atoms with van der Waals surface area (Å²) in [5.74, 6) is 0.683. The average Bonchev–Trinajstić information content (AvgIpc) is 3.16. The van der Waals surface area contributed by atoms with Crippen molar-refractivity contribution < 1.29 is 17.7 Å². The van der Waals surface area contributed by atoms with Crippen LogP contribution in [0.4, 0.5) is 0 Å². The highest BCUT2D eigenvalue weighted by Crippen LogP contribution is 2.23. The van der Waals surface area contributed by atoms with Crippen molar-refractivity contribution in [2.45, 2.75) is 56.9 Å². The normalized spacial score (nSPS) is 15.7. The van der Waals surface area contributed by atoms with Crippen molar-refractivity contribution in [2.75, 3.05) is 13.1 Å². The summed E-state index contributed by atoms with van der Waals surface area (Å²) in [4.78, 5) is 16.3. The maximum atomic E-state index is 12.7. The van der Waals surface area contributed by atoms with Gasteiger partial charge in [0.15, 0.2) is 0 Å². The Balaban J connectivity index is 1.65. The van der Waals surface area contributed by atoms with Crippen LogP contribution in [0.2, 0.25) is 0 Å². The number of hydrogen-bond donors (Lipinski definition) is 1. The van der Waals surface area contributed by atoms with Gasteiger partial charge >= 0.3 is 0 Å². The van der Waals surface area contributed by atoms with Gasteiger partial charge in [-0.05, 0) is 51.0 Å². The minimum Gasteiger partial charge on any atom is -0.354 e. The fourth-order valence-corrected chi connectivity index (χ4v) is 4.64. The van der Waals surface area contributed by atoms with E-state index in [-0.39, 0.29) is 23.3 Å². The smallest absolute Gasteiger partial charge is 0.243 e. The molecule has 1 aromatic carbocycles. The molecule has 1 aliphatic rings. The van der Waals surface area contributed by atoms with Gasteiger partial charge in [-0.3, -0.25) is 4.79 Å². The van der Waals surface area contributed by atoms with E-state index in [0.717, 1.165) is 19.3 Å². The van der Waals surface area contributed by atoms with Gasteiger partial charge in [0.2, 0.25) is 27.6 Å². The summed E-state index contributed by atoms with van der Waals surface area (Å²) in [6.07, 6.45) is 3.50. The third-order valence-electron chi connectivity index (χ3n) is 4.55. The standard InChI is InChI=1S/C19H26N4O4S/c1-14(2)20-17(24)10-11-18-21-19(22-27-18)15-6-8-16(9-7-15)28(25,26)23-12-4-3-5-13-23/h6-9,14H,3-5,10-13H2,1-2H3,(H,20,24). The molecule has 1 amide bonds. The number of rotatable bonds is 7. The van der Waals surface area contributed by atoms with Crippen molar-refractivity contribution >= 4 is 15.9 Å². The van der Waals surface area contributed by atoms with Crippen LogP contribution in [-0.2, 0) is 21.2 Å². The molecule has 0 bridgehead atoms. The van der Waals surface area contributed by atoms with Crippen LogP contribution in [0.25, 0.3) is 11.4 Å². The number of hydrogen-bond acceptors (Lipinski definition) is 6. The minimum atomic E-state index is -3.46. The number of amides is 1. The van der Waals surface area contributed by atoms with Gasteiger partial charge in [0.05, 0.1) is 4.90 Å². The lowest BCUT2D eigenvalue weighted by Gasteiger charge is -2.25. The molecule has 1 fully saturated rings. The third kappa shape index (κ3) is 4.96. The molecule has 0 spiro atoms. The lowest BCUT2D eigenvalue weighted by molar-refractivity contribution is -0.121. The Labute approximate surface area is 165 Å². The first-order valence-corrected chi connectivity index (χ1v) is 11.0. The van der Waals surface area contributed by atoms with E-state index in [9.17, 15) is 13.2 Å². The van der Waals surface area contributed by atoms with Crippen molar-refractivity contribution in [3.8, 4) is 11.4 Å². The Morgan fingerprint density at radius 2 is 1.86 bits per heavy atom. The summed E-state index contributed by atoms with van der Waals surface area (Å²) in [7, 11) is -3.46. The second kappa shape index (κ2) is 8.83. The summed E-state index contributed by atoms with van der Waals surface area (Å²) >= 11 is 0. The zero-order chi connectivity index (χ0) is 20.1. The van der Waals surface area contributed by atoms with Crippen LogP contribution >= 0.6 is 0 Å². The van der Waals surface area contributed by atoms with Gasteiger partial charge in [0.1, 0.15) is 0 Å². The molecule has 3 rings (SSSR count). The zero-order valence-corrected chi connectivity index (χ0v) is 17.0. The topological polar surface area (TPSA) is 105 Å². The number of carbonyl (C=O) groups is 1. The second-order valence-electron chi connectivity index (χ2n) is 7.22. The fraction of sp³-hybridized carbons (Fsp3) is 0.526. The highest BCUT2D eigenvalue weighted by atomic mass is 32.2. The number of piperidine rings is 1. The second-order valence-corrected chi connectivity index (χ2v) is 9.16. The predicted molar refractivity (Wildman–Crippen MR) is 104 cm³/mol. The van der Waals surface area contributed by atoms with E-state index in [1.165, 1.54) is 0 Å². The number of benzene rings is 1. The predicted octanol–water partition coefficient (Wildman–Crippen LogP) is 2.37. The van der Waals surface area contributed by atoms with Crippen LogP contribution < -0.4 is 5.32 Å². The van der Waals surface area contributed by atoms with E-state index in [0.29, 0.717) is 36.8 Å². The minimum absolute atomic E-state index is 0.0676. The van der Waals surface area contributed by atoms with Crippen molar-refractivity contribution in [1.29, 1.82) is 0 Å². The van der Waals surface area contributed by atoms with Crippen molar-refractivity contribution in [2.24, 2.45) is 0 Å². The largest absolute Gasteiger partial charge is 0.354 e. The van der Waals surface area contributed by atoms with Gasteiger partial charge in [0.25, 0.3) is 0 Å². The van der Waals surface area contributed by atoms with Gasteiger partial charge in [-0.1, -0.05) is 11.6 Å². The Kier molecular flexibility index (Phi) is 6.46. The molecule has 0 aliphatic carbocycles. The highest BCUT2D eigenvalue weighted by molar-refractivity contribution is 7.89. The molecule has 0 radical (unpaired) electrons. The molecular weight excluding hydrogens is 380 g/mol. The monoisotopic (exact) mass is 406 g/mol. The first-order chi connectivity index (χ1) is 13.4. The number of aryl methyl sites for hydroxylation is 1. The molecule has 2 heterocycles. The number of carbonyl (C=O) groups excluding carboxylic acids is 1. The van der Waals surface area contributed by atoms with E-state index >= 15 is 0 Å². The van der Waals surface area contributed by atoms with Crippen LogP contribution in [0, 0.1) is 0 Å². The van der Waals surface area contributed by atoms with E-state index in [4.69, 9.17) is 4.52 Å². The molecule has 0 saturated carbocycles. The first kappa shape index (κ1) is 20.5. The lowest BCUT2D eigenvalue weighted by Crippen LogP contribution is -2.35. The maximum Gasteiger partial charge on any atom is 0.243 e. The molecule has 9 heteroatoms. The first-order valence-electron chi connectivity index (χ1n) is 9.59. The molecule has 8 nitrogen and oxygen atoms in total. The summed E-state index contributed by atoms with van der Waals surface area (Å²) in [6.45, 7) is 4.95. The van der Waals surface area contributed by atoms with Gasteiger partial charge in [0, 0.05) is 37.5 Å². The van der Waals surface area contributed by atoms with Crippen LogP contribution in [-0.4, -0.2) is 47.9 Å². The van der Waals surface area contributed by atoms with Crippen LogP contribution in [0.15, 0.2) is 33.7 Å².